The van der Waals surface area contributed by atoms with E-state index in [4.69, 9.17) is 5.73 Å². The van der Waals surface area contributed by atoms with Crippen molar-refractivity contribution in [2.75, 3.05) is 12.8 Å². The van der Waals surface area contributed by atoms with Crippen molar-refractivity contribution in [3.63, 3.8) is 0 Å². The van der Waals surface area contributed by atoms with Gasteiger partial charge in [0.15, 0.2) is 0 Å². The van der Waals surface area contributed by atoms with Crippen LogP contribution in [0.3, 0.4) is 0 Å². The summed E-state index contributed by atoms with van der Waals surface area (Å²) in [6.45, 7) is 2.05. The number of likely N-dealkylation sites (N-methyl/N-ethyl adjacent to an activating group) is 1. The summed E-state index contributed by atoms with van der Waals surface area (Å²) in [6.07, 6.45) is 0.861. The molecule has 1 aromatic heterocycles. The average molecular weight is 353 g/mol. The van der Waals surface area contributed by atoms with E-state index in [1.807, 2.05) is 13.1 Å². The Labute approximate surface area is 131 Å². The fourth-order valence-corrected chi connectivity index (χ4v) is 3.22. The first kappa shape index (κ1) is 15.1. The summed E-state index contributed by atoms with van der Waals surface area (Å²) in [7, 11) is 1.83. The van der Waals surface area contributed by atoms with Gasteiger partial charge in [-0.2, -0.15) is 0 Å². The molecule has 2 rings (SSSR count). The molecule has 0 fully saturated rings. The number of nitrogen functional groups attached to an aromatic ring is 1. The number of nitrogens with zero attached hydrogens (tertiary/aromatic N) is 1. The first-order valence-electron chi connectivity index (χ1n) is 6.34. The lowest BCUT2D eigenvalue weighted by atomic mass is 10.1. The van der Waals surface area contributed by atoms with Gasteiger partial charge in [-0.1, -0.05) is 12.1 Å². The molecule has 2 aromatic rings. The maximum atomic E-state index is 12.5. The number of nitrogens with two attached hydrogens (primary N) is 1. The van der Waals surface area contributed by atoms with Crippen molar-refractivity contribution < 1.29 is 4.79 Å². The molecule has 0 bridgehead atoms. The number of thiophene rings is 1. The topological polar surface area (TPSA) is 46.3 Å². The molecule has 2 N–H and O–H groups in total. The van der Waals surface area contributed by atoms with E-state index in [2.05, 4.69) is 34.3 Å². The highest BCUT2D eigenvalue weighted by molar-refractivity contribution is 9.10. The smallest absolute Gasteiger partial charge is 0.255 e. The van der Waals surface area contributed by atoms with Crippen LogP contribution in [-0.4, -0.2) is 23.9 Å². The Bertz CT molecular complexity index is 598. The van der Waals surface area contributed by atoms with Crippen LogP contribution in [0.25, 0.3) is 0 Å². The minimum Gasteiger partial charge on any atom is -0.398 e. The van der Waals surface area contributed by atoms with E-state index in [0.29, 0.717) is 15.7 Å². The van der Waals surface area contributed by atoms with Gasteiger partial charge in [0.25, 0.3) is 5.91 Å². The largest absolute Gasteiger partial charge is 0.398 e. The van der Waals surface area contributed by atoms with Crippen LogP contribution in [0.15, 0.2) is 40.2 Å². The summed E-state index contributed by atoms with van der Waals surface area (Å²) >= 11 is 5.10. The van der Waals surface area contributed by atoms with Gasteiger partial charge >= 0.3 is 0 Å². The van der Waals surface area contributed by atoms with Crippen molar-refractivity contribution >= 4 is 38.9 Å². The molecule has 106 valence electrons. The van der Waals surface area contributed by atoms with Crippen molar-refractivity contribution in [1.29, 1.82) is 0 Å². The third kappa shape index (κ3) is 3.22. The molecular formula is C15H17BrN2OS. The summed E-state index contributed by atoms with van der Waals surface area (Å²) in [5.41, 5.74) is 7.01. The van der Waals surface area contributed by atoms with Crippen LogP contribution in [0.1, 0.15) is 22.2 Å². The molecule has 20 heavy (non-hydrogen) atoms. The van der Waals surface area contributed by atoms with E-state index in [9.17, 15) is 4.79 Å². The monoisotopic (exact) mass is 352 g/mol. The van der Waals surface area contributed by atoms with Crippen molar-refractivity contribution in [2.24, 2.45) is 0 Å². The van der Waals surface area contributed by atoms with Crippen molar-refractivity contribution in [2.45, 2.75) is 19.4 Å². The summed E-state index contributed by atoms with van der Waals surface area (Å²) < 4.78 is 0.667. The van der Waals surface area contributed by atoms with Crippen LogP contribution in [0, 0.1) is 0 Å². The Balaban J connectivity index is 2.13. The molecule has 0 radical (unpaired) electrons. The zero-order chi connectivity index (χ0) is 14.7. The molecular weight excluding hydrogens is 336 g/mol. The Hall–Kier alpha value is -1.33. The summed E-state index contributed by atoms with van der Waals surface area (Å²) in [5, 5.41) is 2.05. The normalized spacial score (nSPS) is 12.2. The first-order valence-corrected chi connectivity index (χ1v) is 8.01. The zero-order valence-corrected chi connectivity index (χ0v) is 13.9. The predicted octanol–water partition coefficient (Wildman–Crippen LogP) is 3.80. The third-order valence-electron chi connectivity index (χ3n) is 3.32. The lowest BCUT2D eigenvalue weighted by Crippen LogP contribution is -2.36. The van der Waals surface area contributed by atoms with Crippen molar-refractivity contribution in [3.05, 3.63) is 50.6 Å². The summed E-state index contributed by atoms with van der Waals surface area (Å²) in [5.74, 6) is -0.0202. The molecule has 1 aromatic carbocycles. The summed E-state index contributed by atoms with van der Waals surface area (Å²) in [6, 6.07) is 9.62. The number of hydrogen-bond acceptors (Lipinski definition) is 3. The van der Waals surface area contributed by atoms with Crippen LogP contribution < -0.4 is 5.73 Å². The average Bonchev–Trinajstić information content (AvgIpc) is 2.93. The molecule has 1 unspecified atom stereocenters. The third-order valence-corrected chi connectivity index (χ3v) is 5.10. The highest BCUT2D eigenvalue weighted by Gasteiger charge is 2.20. The molecule has 0 aliphatic rings. The predicted molar refractivity (Wildman–Crippen MR) is 88.1 cm³/mol. The second-order valence-corrected chi connectivity index (χ2v) is 6.58. The Morgan fingerprint density at radius 2 is 2.15 bits per heavy atom. The van der Waals surface area contributed by atoms with Crippen LogP contribution in [0.2, 0.25) is 0 Å². The maximum absolute atomic E-state index is 12.5. The van der Waals surface area contributed by atoms with E-state index >= 15 is 0 Å². The molecule has 1 amide bonds. The highest BCUT2D eigenvalue weighted by Crippen LogP contribution is 2.25. The lowest BCUT2D eigenvalue weighted by Gasteiger charge is -2.25. The second-order valence-electron chi connectivity index (χ2n) is 4.76. The zero-order valence-electron chi connectivity index (χ0n) is 11.5. The van der Waals surface area contributed by atoms with Crippen molar-refractivity contribution in [1.82, 2.24) is 4.90 Å². The van der Waals surface area contributed by atoms with Gasteiger partial charge in [-0.3, -0.25) is 4.79 Å². The van der Waals surface area contributed by atoms with Gasteiger partial charge in [0.05, 0.1) is 10.0 Å². The van der Waals surface area contributed by atoms with Gasteiger partial charge in [0.1, 0.15) is 0 Å². The quantitative estimate of drug-likeness (QED) is 0.850. The number of benzene rings is 1. The standard InChI is InChI=1S/C15H17BrN2OS/c1-10(9-11-5-4-8-20-11)18(2)15(19)12-6-3-7-13(17)14(12)16/h3-8,10H,9,17H2,1-2H3. The molecule has 3 nitrogen and oxygen atoms in total. The summed E-state index contributed by atoms with van der Waals surface area (Å²) in [4.78, 5) is 15.6. The Morgan fingerprint density at radius 3 is 2.80 bits per heavy atom. The van der Waals surface area contributed by atoms with Crippen LogP contribution >= 0.6 is 27.3 Å². The van der Waals surface area contributed by atoms with E-state index in [1.54, 1.807) is 34.4 Å². The molecule has 0 saturated heterocycles. The molecule has 0 aliphatic heterocycles. The number of rotatable bonds is 4. The fourth-order valence-electron chi connectivity index (χ4n) is 1.96. The number of hydrogen-bond donors (Lipinski definition) is 1. The van der Waals surface area contributed by atoms with Crippen LogP contribution in [0.5, 0.6) is 0 Å². The Morgan fingerprint density at radius 1 is 1.40 bits per heavy atom. The molecule has 5 heteroatoms. The minimum atomic E-state index is -0.0202. The molecule has 0 spiro atoms. The second kappa shape index (κ2) is 6.41. The number of anilines is 1. The van der Waals surface area contributed by atoms with Gasteiger partial charge < -0.3 is 10.6 Å². The molecule has 0 saturated carbocycles. The highest BCUT2D eigenvalue weighted by atomic mass is 79.9. The van der Waals surface area contributed by atoms with Crippen LogP contribution in [0.4, 0.5) is 5.69 Å². The van der Waals surface area contributed by atoms with E-state index < -0.39 is 0 Å². The van der Waals surface area contributed by atoms with E-state index in [0.717, 1.165) is 6.42 Å². The minimum absolute atomic E-state index is 0.0202. The van der Waals surface area contributed by atoms with Gasteiger partial charge in [-0.15, -0.1) is 11.3 Å². The Kier molecular flexibility index (Phi) is 4.83. The number of amides is 1. The molecule has 1 heterocycles. The first-order chi connectivity index (χ1) is 9.50. The van der Waals surface area contributed by atoms with Gasteiger partial charge in [0.2, 0.25) is 0 Å². The number of halogens is 1. The van der Waals surface area contributed by atoms with Gasteiger partial charge in [-0.05, 0) is 46.4 Å². The molecule has 1 atom stereocenters. The molecule has 0 aliphatic carbocycles. The SMILES string of the molecule is CC(Cc1cccs1)N(C)C(=O)c1cccc(N)c1Br. The van der Waals surface area contributed by atoms with E-state index in [1.165, 1.54) is 4.88 Å². The van der Waals surface area contributed by atoms with Gasteiger partial charge in [-0.25, -0.2) is 0 Å². The number of carbonyl (C=O) groups excluding carboxylic acids is 1. The van der Waals surface area contributed by atoms with Crippen LogP contribution in [-0.2, 0) is 6.42 Å². The van der Waals surface area contributed by atoms with E-state index in [-0.39, 0.29) is 11.9 Å². The fraction of sp³-hybridized carbons (Fsp3) is 0.267. The van der Waals surface area contributed by atoms with Crippen molar-refractivity contribution in [3.8, 4) is 0 Å². The maximum Gasteiger partial charge on any atom is 0.255 e. The van der Waals surface area contributed by atoms with Gasteiger partial charge in [0, 0.05) is 30.1 Å². The number of carbonyl (C=O) groups is 1. The lowest BCUT2D eigenvalue weighted by molar-refractivity contribution is 0.0743.